The van der Waals surface area contributed by atoms with E-state index in [1.54, 1.807) is 0 Å². The molecule has 0 radical (unpaired) electrons. The molecular formula is C9H6ClNO4S. The number of aromatic carboxylic acids is 1. The highest BCUT2D eigenvalue weighted by Crippen LogP contribution is 2.23. The molecule has 0 aliphatic carbocycles. The van der Waals surface area contributed by atoms with Crippen LogP contribution < -0.4 is 0 Å². The molecule has 1 aromatic carbocycles. The number of halogens is 1. The Morgan fingerprint density at radius 1 is 1.50 bits per heavy atom. The second-order valence-electron chi connectivity index (χ2n) is 2.87. The highest BCUT2D eigenvalue weighted by Gasteiger charge is 2.19. The van der Waals surface area contributed by atoms with Crippen molar-refractivity contribution in [3.63, 3.8) is 0 Å². The Kier molecular flexibility index (Phi) is 3.52. The first kappa shape index (κ1) is 12.5. The molecule has 0 aliphatic heterocycles. The summed E-state index contributed by atoms with van der Waals surface area (Å²) in [6.45, 7) is 0. The highest BCUT2D eigenvalue weighted by molar-refractivity contribution is 7.91. The summed E-state index contributed by atoms with van der Waals surface area (Å²) < 4.78 is 23.1. The lowest BCUT2D eigenvalue weighted by Gasteiger charge is -2.04. The molecule has 84 valence electrons. The summed E-state index contributed by atoms with van der Waals surface area (Å²) in [7, 11) is -3.85. The lowest BCUT2D eigenvalue weighted by atomic mass is 10.2. The maximum Gasteiger partial charge on any atom is 0.335 e. The molecule has 1 aromatic rings. The number of carboxylic acid groups (broad SMARTS) is 1. The molecule has 16 heavy (non-hydrogen) atoms. The van der Waals surface area contributed by atoms with Gasteiger partial charge in [0.2, 0.25) is 0 Å². The van der Waals surface area contributed by atoms with Gasteiger partial charge in [-0.05, 0) is 18.2 Å². The van der Waals surface area contributed by atoms with E-state index in [9.17, 15) is 13.2 Å². The lowest BCUT2D eigenvalue weighted by Crippen LogP contribution is -2.07. The first-order valence-corrected chi connectivity index (χ1v) is 6.04. The monoisotopic (exact) mass is 259 g/mol. The van der Waals surface area contributed by atoms with Gasteiger partial charge in [-0.3, -0.25) is 0 Å². The Bertz CT molecular complexity index is 574. The van der Waals surface area contributed by atoms with E-state index in [0.717, 1.165) is 6.07 Å². The minimum atomic E-state index is -3.85. The second-order valence-corrected chi connectivity index (χ2v) is 5.23. The molecule has 0 amide bonds. The number of carbonyl (C=O) groups is 1. The van der Waals surface area contributed by atoms with Gasteiger partial charge in [0.25, 0.3) is 0 Å². The minimum absolute atomic E-state index is 0.0970. The smallest absolute Gasteiger partial charge is 0.335 e. The van der Waals surface area contributed by atoms with E-state index in [1.165, 1.54) is 18.2 Å². The largest absolute Gasteiger partial charge is 0.478 e. The number of nitrogens with zero attached hydrogens (tertiary/aromatic N) is 1. The fourth-order valence-corrected chi connectivity index (χ4v) is 2.50. The zero-order chi connectivity index (χ0) is 12.3. The van der Waals surface area contributed by atoms with Crippen molar-refractivity contribution in [2.45, 2.75) is 4.90 Å². The Morgan fingerprint density at radius 2 is 2.12 bits per heavy atom. The molecule has 0 aliphatic rings. The van der Waals surface area contributed by atoms with Crippen molar-refractivity contribution >= 4 is 27.4 Å². The van der Waals surface area contributed by atoms with Crippen molar-refractivity contribution in [1.82, 2.24) is 0 Å². The van der Waals surface area contributed by atoms with Gasteiger partial charge in [-0.25, -0.2) is 13.2 Å². The first-order chi connectivity index (χ1) is 7.38. The van der Waals surface area contributed by atoms with Gasteiger partial charge < -0.3 is 5.11 Å². The summed E-state index contributed by atoms with van der Waals surface area (Å²) in [5.74, 6) is -2.00. The molecule has 0 heterocycles. The van der Waals surface area contributed by atoms with E-state index in [1.807, 2.05) is 0 Å². The molecular weight excluding hydrogens is 254 g/mol. The second kappa shape index (κ2) is 4.51. The van der Waals surface area contributed by atoms with Crippen LogP contribution >= 0.6 is 11.6 Å². The van der Waals surface area contributed by atoms with Crippen LogP contribution in [-0.2, 0) is 9.84 Å². The van der Waals surface area contributed by atoms with E-state index in [2.05, 4.69) is 0 Å². The van der Waals surface area contributed by atoms with Gasteiger partial charge in [-0.1, -0.05) is 11.6 Å². The van der Waals surface area contributed by atoms with E-state index >= 15 is 0 Å². The predicted molar refractivity (Wildman–Crippen MR) is 56.1 cm³/mol. The van der Waals surface area contributed by atoms with Gasteiger partial charge >= 0.3 is 5.97 Å². The van der Waals surface area contributed by atoms with Gasteiger partial charge in [-0.2, -0.15) is 5.26 Å². The number of hydrogen-bond donors (Lipinski definition) is 1. The van der Waals surface area contributed by atoms with Crippen LogP contribution in [0.2, 0.25) is 5.02 Å². The van der Waals surface area contributed by atoms with E-state index in [0.29, 0.717) is 0 Å². The van der Waals surface area contributed by atoms with Gasteiger partial charge in [0.1, 0.15) is 5.75 Å². The van der Waals surface area contributed by atoms with E-state index < -0.39 is 21.6 Å². The molecule has 1 N–H and O–H groups in total. The molecule has 0 saturated heterocycles. The number of sulfone groups is 1. The highest BCUT2D eigenvalue weighted by atomic mass is 35.5. The molecule has 0 atom stereocenters. The van der Waals surface area contributed by atoms with Crippen LogP contribution in [0.1, 0.15) is 10.4 Å². The molecule has 5 nitrogen and oxygen atoms in total. The van der Waals surface area contributed by atoms with Crippen LogP contribution in [-0.4, -0.2) is 25.2 Å². The van der Waals surface area contributed by atoms with Crippen LogP contribution in [0.4, 0.5) is 0 Å². The summed E-state index contributed by atoms with van der Waals surface area (Å²) >= 11 is 5.64. The van der Waals surface area contributed by atoms with Gasteiger partial charge in [0.15, 0.2) is 9.84 Å². The standard InChI is InChI=1S/C9H6ClNO4S/c10-7-2-1-6(9(12)13)5-8(7)16(14,15)4-3-11/h1-2,5H,4H2,(H,12,13). The quantitative estimate of drug-likeness (QED) is 0.884. The van der Waals surface area contributed by atoms with Crippen LogP contribution in [0.3, 0.4) is 0 Å². The number of benzene rings is 1. The van der Waals surface area contributed by atoms with Gasteiger partial charge in [0, 0.05) is 0 Å². The molecule has 0 bridgehead atoms. The molecule has 0 saturated carbocycles. The maximum atomic E-state index is 11.5. The fraction of sp³-hybridized carbons (Fsp3) is 0.111. The molecule has 0 unspecified atom stereocenters. The zero-order valence-electron chi connectivity index (χ0n) is 7.84. The van der Waals surface area contributed by atoms with Crippen molar-refractivity contribution in [3.8, 4) is 6.07 Å². The third-order valence-corrected chi connectivity index (χ3v) is 3.73. The third kappa shape index (κ3) is 2.51. The van der Waals surface area contributed by atoms with Crippen molar-refractivity contribution in [2.75, 3.05) is 5.75 Å². The van der Waals surface area contributed by atoms with Crippen molar-refractivity contribution in [3.05, 3.63) is 28.8 Å². The molecule has 0 fully saturated rings. The van der Waals surface area contributed by atoms with E-state index in [4.69, 9.17) is 22.0 Å². The summed E-state index contributed by atoms with van der Waals surface area (Å²) in [6, 6.07) is 4.80. The van der Waals surface area contributed by atoms with Gasteiger partial charge in [-0.15, -0.1) is 0 Å². The topological polar surface area (TPSA) is 95.2 Å². The number of hydrogen-bond acceptors (Lipinski definition) is 4. The van der Waals surface area contributed by atoms with Crippen LogP contribution in [0.25, 0.3) is 0 Å². The summed E-state index contributed by atoms with van der Waals surface area (Å²) in [6.07, 6.45) is 0. The van der Waals surface area contributed by atoms with Crippen molar-refractivity contribution in [1.29, 1.82) is 5.26 Å². The fourth-order valence-electron chi connectivity index (χ4n) is 1.04. The van der Waals surface area contributed by atoms with Crippen molar-refractivity contribution in [2.24, 2.45) is 0 Å². The molecule has 0 aromatic heterocycles. The lowest BCUT2D eigenvalue weighted by molar-refractivity contribution is 0.0696. The number of rotatable bonds is 3. The molecule has 1 rings (SSSR count). The first-order valence-electron chi connectivity index (χ1n) is 4.01. The zero-order valence-corrected chi connectivity index (χ0v) is 9.42. The Morgan fingerprint density at radius 3 is 2.62 bits per heavy atom. The average molecular weight is 260 g/mol. The van der Waals surface area contributed by atoms with Crippen LogP contribution in [0.15, 0.2) is 23.1 Å². The van der Waals surface area contributed by atoms with Gasteiger partial charge in [0.05, 0.1) is 21.6 Å². The third-order valence-electron chi connectivity index (χ3n) is 1.77. The Labute approximate surface area is 96.8 Å². The van der Waals surface area contributed by atoms with Crippen LogP contribution in [0.5, 0.6) is 0 Å². The summed E-state index contributed by atoms with van der Waals surface area (Å²) in [5.41, 5.74) is -0.194. The molecule has 7 heteroatoms. The molecule has 0 spiro atoms. The average Bonchev–Trinajstić information content (AvgIpc) is 2.17. The van der Waals surface area contributed by atoms with Crippen LogP contribution in [0, 0.1) is 11.3 Å². The predicted octanol–water partition coefficient (Wildman–Crippen LogP) is 1.34. The SMILES string of the molecule is N#CCS(=O)(=O)c1cc(C(=O)O)ccc1Cl. The Hall–Kier alpha value is -1.58. The minimum Gasteiger partial charge on any atom is -0.478 e. The number of carboxylic acids is 1. The van der Waals surface area contributed by atoms with Crippen molar-refractivity contribution < 1.29 is 18.3 Å². The number of nitriles is 1. The summed E-state index contributed by atoms with van der Waals surface area (Å²) in [4.78, 5) is 10.3. The maximum absolute atomic E-state index is 11.5. The normalized spacial score (nSPS) is 10.8. The summed E-state index contributed by atoms with van der Waals surface area (Å²) in [5, 5.41) is 16.9. The Balaban J connectivity index is 3.40. The van der Waals surface area contributed by atoms with E-state index in [-0.39, 0.29) is 15.5 Å².